The molecule has 29 heavy (non-hydrogen) atoms. The number of hydrogen-bond acceptors (Lipinski definition) is 5. The Balaban J connectivity index is 1.66. The van der Waals surface area contributed by atoms with Gasteiger partial charge in [-0.2, -0.15) is 8.70 Å². The standard InChI is InChI=1S/C19H19F2N5O2S/c1-25-11-19(23-12-25)29(27,28)26-9-16(13-2-4-14(20)5-3-13)17(10-26)24-15-6-7-22-18(21)8-15/h2-8,11-12,16-17H,9-10H2,1H3,(H,22,24). The summed E-state index contributed by atoms with van der Waals surface area (Å²) in [7, 11) is -2.11. The summed E-state index contributed by atoms with van der Waals surface area (Å²) in [4.78, 5) is 7.50. The molecule has 0 radical (unpaired) electrons. The number of hydrogen-bond donors (Lipinski definition) is 1. The molecule has 2 aromatic heterocycles. The van der Waals surface area contributed by atoms with Gasteiger partial charge in [0.05, 0.1) is 6.33 Å². The van der Waals surface area contributed by atoms with Crippen molar-refractivity contribution in [3.8, 4) is 0 Å². The van der Waals surface area contributed by atoms with Crippen LogP contribution >= 0.6 is 0 Å². The molecule has 7 nitrogen and oxygen atoms in total. The van der Waals surface area contributed by atoms with Gasteiger partial charge in [0.2, 0.25) is 5.95 Å². The molecule has 1 aliphatic rings. The number of nitrogens with one attached hydrogen (secondary N) is 1. The summed E-state index contributed by atoms with van der Waals surface area (Å²) in [6.07, 6.45) is 4.21. The molecule has 152 valence electrons. The van der Waals surface area contributed by atoms with Crippen molar-refractivity contribution in [2.24, 2.45) is 7.05 Å². The lowest BCUT2D eigenvalue weighted by Crippen LogP contribution is -2.32. The highest BCUT2D eigenvalue weighted by Crippen LogP contribution is 2.33. The molecule has 1 fully saturated rings. The van der Waals surface area contributed by atoms with Crippen LogP contribution in [0.5, 0.6) is 0 Å². The summed E-state index contributed by atoms with van der Waals surface area (Å²) >= 11 is 0. The Bertz CT molecular complexity index is 1120. The number of pyridine rings is 1. The normalized spacial score (nSPS) is 20.1. The first-order chi connectivity index (χ1) is 13.8. The maximum atomic E-state index is 13.5. The van der Waals surface area contributed by atoms with E-state index in [0.717, 1.165) is 5.56 Å². The van der Waals surface area contributed by atoms with E-state index < -0.39 is 16.0 Å². The molecule has 2 atom stereocenters. The Kier molecular flexibility index (Phi) is 5.05. The van der Waals surface area contributed by atoms with Crippen molar-refractivity contribution in [1.29, 1.82) is 0 Å². The van der Waals surface area contributed by atoms with E-state index in [-0.39, 0.29) is 35.9 Å². The van der Waals surface area contributed by atoms with Gasteiger partial charge >= 0.3 is 0 Å². The lowest BCUT2D eigenvalue weighted by molar-refractivity contribution is 0.468. The number of halogens is 2. The molecule has 1 aromatic carbocycles. The minimum atomic E-state index is -3.80. The summed E-state index contributed by atoms with van der Waals surface area (Å²) in [5, 5.41) is 3.16. The van der Waals surface area contributed by atoms with Gasteiger partial charge in [0.15, 0.2) is 5.03 Å². The molecular weight excluding hydrogens is 400 g/mol. The van der Waals surface area contributed by atoms with Crippen LogP contribution in [0.3, 0.4) is 0 Å². The third-order valence-corrected chi connectivity index (χ3v) is 6.67. The van der Waals surface area contributed by atoms with Crippen LogP contribution in [0, 0.1) is 11.8 Å². The zero-order valence-electron chi connectivity index (χ0n) is 15.5. The monoisotopic (exact) mass is 419 g/mol. The minimum absolute atomic E-state index is 0.0338. The van der Waals surface area contributed by atoms with E-state index in [0.29, 0.717) is 5.69 Å². The van der Waals surface area contributed by atoms with Gasteiger partial charge in [0.1, 0.15) is 5.82 Å². The summed E-state index contributed by atoms with van der Waals surface area (Å²) in [6.45, 7) is 0.348. The lowest BCUT2D eigenvalue weighted by Gasteiger charge is -2.21. The molecule has 10 heteroatoms. The molecular formula is C19H19F2N5O2S. The first kappa shape index (κ1) is 19.5. The number of aromatic nitrogens is 3. The predicted molar refractivity (Wildman–Crippen MR) is 103 cm³/mol. The van der Waals surface area contributed by atoms with E-state index in [1.165, 1.54) is 41.2 Å². The van der Waals surface area contributed by atoms with Gasteiger partial charge in [-0.05, 0) is 23.8 Å². The number of nitrogens with zero attached hydrogens (tertiary/aromatic N) is 4. The second-order valence-electron chi connectivity index (χ2n) is 6.98. The number of imidazole rings is 1. The van der Waals surface area contributed by atoms with E-state index in [2.05, 4.69) is 15.3 Å². The maximum Gasteiger partial charge on any atom is 0.262 e. The number of sulfonamides is 1. The fourth-order valence-corrected chi connectivity index (χ4v) is 4.98. The van der Waals surface area contributed by atoms with Crippen LogP contribution in [0.15, 0.2) is 60.1 Å². The molecule has 0 spiro atoms. The van der Waals surface area contributed by atoms with Crippen LogP contribution in [0.25, 0.3) is 0 Å². The average Bonchev–Trinajstić information content (AvgIpc) is 3.30. The molecule has 3 aromatic rings. The smallest absolute Gasteiger partial charge is 0.262 e. The van der Waals surface area contributed by atoms with Crippen LogP contribution in [0.4, 0.5) is 14.5 Å². The van der Waals surface area contributed by atoms with Crippen molar-refractivity contribution in [3.05, 3.63) is 72.4 Å². The van der Waals surface area contributed by atoms with Crippen molar-refractivity contribution in [1.82, 2.24) is 18.8 Å². The maximum absolute atomic E-state index is 13.5. The largest absolute Gasteiger partial charge is 0.380 e. The Labute approximate surface area is 167 Å². The van der Waals surface area contributed by atoms with Gasteiger partial charge in [0, 0.05) is 56.2 Å². The van der Waals surface area contributed by atoms with Gasteiger partial charge in [-0.1, -0.05) is 12.1 Å². The molecule has 4 rings (SSSR count). The molecule has 2 unspecified atom stereocenters. The van der Waals surface area contributed by atoms with E-state index in [4.69, 9.17) is 0 Å². The topological polar surface area (TPSA) is 80.1 Å². The van der Waals surface area contributed by atoms with Gasteiger partial charge in [0.25, 0.3) is 10.0 Å². The summed E-state index contributed by atoms with van der Waals surface area (Å²) < 4.78 is 55.8. The SMILES string of the molecule is Cn1cnc(S(=O)(=O)N2CC(Nc3ccnc(F)c3)C(c3ccc(F)cc3)C2)c1. The highest BCUT2D eigenvalue weighted by molar-refractivity contribution is 7.89. The van der Waals surface area contributed by atoms with Crippen LogP contribution in [-0.2, 0) is 17.1 Å². The van der Waals surface area contributed by atoms with E-state index in [1.807, 2.05) is 0 Å². The number of rotatable bonds is 5. The lowest BCUT2D eigenvalue weighted by atomic mass is 9.94. The Morgan fingerprint density at radius 1 is 1.10 bits per heavy atom. The Morgan fingerprint density at radius 3 is 2.52 bits per heavy atom. The highest BCUT2D eigenvalue weighted by atomic mass is 32.2. The third-order valence-electron chi connectivity index (χ3n) is 4.95. The Hall–Kier alpha value is -2.85. The summed E-state index contributed by atoms with van der Waals surface area (Å²) in [6, 6.07) is 8.47. The van der Waals surface area contributed by atoms with Crippen molar-refractivity contribution in [3.63, 3.8) is 0 Å². The van der Waals surface area contributed by atoms with Crippen molar-refractivity contribution >= 4 is 15.7 Å². The molecule has 3 heterocycles. The molecule has 0 aliphatic carbocycles. The van der Waals surface area contributed by atoms with Crippen LogP contribution in [-0.4, -0.2) is 46.4 Å². The van der Waals surface area contributed by atoms with Crippen molar-refractivity contribution in [2.75, 3.05) is 18.4 Å². The van der Waals surface area contributed by atoms with E-state index in [1.54, 1.807) is 29.8 Å². The molecule has 0 bridgehead atoms. The highest BCUT2D eigenvalue weighted by Gasteiger charge is 2.41. The fourth-order valence-electron chi connectivity index (χ4n) is 3.52. The quantitative estimate of drug-likeness (QED) is 0.643. The van der Waals surface area contributed by atoms with Crippen molar-refractivity contribution in [2.45, 2.75) is 17.0 Å². The molecule has 0 saturated carbocycles. The summed E-state index contributed by atoms with van der Waals surface area (Å²) in [5.74, 6) is -1.26. The molecule has 1 aliphatic heterocycles. The fraction of sp³-hybridized carbons (Fsp3) is 0.263. The number of anilines is 1. The molecule has 1 N–H and O–H groups in total. The number of aryl methyl sites for hydroxylation is 1. The van der Waals surface area contributed by atoms with Gasteiger partial charge in [-0.15, -0.1) is 0 Å². The number of benzene rings is 1. The predicted octanol–water partition coefficient (Wildman–Crippen LogP) is 2.36. The van der Waals surface area contributed by atoms with Gasteiger partial charge in [-0.25, -0.2) is 22.8 Å². The second kappa shape index (κ2) is 7.53. The first-order valence-electron chi connectivity index (χ1n) is 8.94. The summed E-state index contributed by atoms with van der Waals surface area (Å²) in [5.41, 5.74) is 1.28. The van der Waals surface area contributed by atoms with Gasteiger partial charge in [-0.3, -0.25) is 0 Å². The third kappa shape index (κ3) is 3.99. The van der Waals surface area contributed by atoms with Crippen LogP contribution in [0.2, 0.25) is 0 Å². The second-order valence-corrected chi connectivity index (χ2v) is 8.86. The zero-order chi connectivity index (χ0) is 20.6. The van der Waals surface area contributed by atoms with Gasteiger partial charge < -0.3 is 9.88 Å². The molecule has 1 saturated heterocycles. The minimum Gasteiger partial charge on any atom is -0.380 e. The van der Waals surface area contributed by atoms with Crippen LogP contribution in [0.1, 0.15) is 11.5 Å². The average molecular weight is 419 g/mol. The first-order valence-corrected chi connectivity index (χ1v) is 10.4. The van der Waals surface area contributed by atoms with Crippen molar-refractivity contribution < 1.29 is 17.2 Å². The van der Waals surface area contributed by atoms with E-state index in [9.17, 15) is 17.2 Å². The van der Waals surface area contributed by atoms with Crippen LogP contribution < -0.4 is 5.32 Å². The Morgan fingerprint density at radius 2 is 1.86 bits per heavy atom. The van der Waals surface area contributed by atoms with E-state index >= 15 is 0 Å². The zero-order valence-corrected chi connectivity index (χ0v) is 16.4. The molecule has 0 amide bonds.